The zero-order valence-corrected chi connectivity index (χ0v) is 23.9. The highest BCUT2D eigenvalue weighted by Crippen LogP contribution is 2.18. The van der Waals surface area contributed by atoms with E-state index in [4.69, 9.17) is 39.9 Å². The van der Waals surface area contributed by atoms with Gasteiger partial charge in [0.2, 0.25) is 11.8 Å². The van der Waals surface area contributed by atoms with Crippen LogP contribution in [0.1, 0.15) is 38.2 Å². The number of benzene rings is 1. The van der Waals surface area contributed by atoms with Crippen LogP contribution < -0.4 is 32.4 Å². The molecule has 0 spiro atoms. The second kappa shape index (κ2) is 18.8. The molecule has 0 saturated carbocycles. The molecule has 1 unspecified atom stereocenters. The van der Waals surface area contributed by atoms with Crippen LogP contribution >= 0.6 is 23.2 Å². The molecule has 14 nitrogen and oxygen atoms in total. The van der Waals surface area contributed by atoms with Crippen molar-refractivity contribution < 1.29 is 29.7 Å². The molecule has 0 radical (unpaired) electrons. The van der Waals surface area contributed by atoms with E-state index in [0.717, 1.165) is 11.3 Å². The number of rotatable bonds is 19. The number of nitrogens with zero attached hydrogens (tertiary/aromatic N) is 3. The van der Waals surface area contributed by atoms with E-state index < -0.39 is 40.9 Å². The highest BCUT2D eigenvalue weighted by atomic mass is 35.5. The van der Waals surface area contributed by atoms with Crippen molar-refractivity contribution in [3.05, 3.63) is 34.7 Å². The normalized spacial score (nSPS) is 13.6. The summed E-state index contributed by atoms with van der Waals surface area (Å²) in [5.41, 5.74) is 15.1. The number of hydrazine groups is 1. The van der Waals surface area contributed by atoms with Crippen LogP contribution in [0.3, 0.4) is 0 Å². The summed E-state index contributed by atoms with van der Waals surface area (Å²) < 4.78 is 0. The monoisotopic (exact) mass is 605 g/mol. The van der Waals surface area contributed by atoms with Crippen LogP contribution in [0, 0.1) is 4.91 Å². The van der Waals surface area contributed by atoms with Gasteiger partial charge in [0.05, 0.1) is 6.04 Å². The number of carboxylic acid groups (broad SMARTS) is 1. The minimum atomic E-state index is -1.19. The van der Waals surface area contributed by atoms with E-state index in [1.165, 1.54) is 0 Å². The molecule has 2 amide bonds. The van der Waals surface area contributed by atoms with Crippen molar-refractivity contribution in [2.75, 3.05) is 36.3 Å². The fraction of sp³-hybridized carbons (Fsp3) is 0.583. The minimum Gasteiger partial charge on any atom is -0.480 e. The summed E-state index contributed by atoms with van der Waals surface area (Å²) in [4.78, 5) is 53.9. The number of carbonyl (C=O) groups is 3. The van der Waals surface area contributed by atoms with Crippen molar-refractivity contribution in [3.8, 4) is 0 Å². The number of amides is 2. The first-order valence-corrected chi connectivity index (χ1v) is 13.9. The first-order valence-electron chi connectivity index (χ1n) is 12.8. The van der Waals surface area contributed by atoms with E-state index >= 15 is 0 Å². The quantitative estimate of drug-likeness (QED) is 0.0380. The number of hydrogen-bond donors (Lipinski definition) is 7. The molecule has 16 heteroatoms. The maximum Gasteiger partial charge on any atom is 0.362 e. The van der Waals surface area contributed by atoms with Gasteiger partial charge in [-0.2, -0.15) is 0 Å². The molecule has 224 valence electrons. The summed E-state index contributed by atoms with van der Waals surface area (Å²) in [6.45, 7) is 3.02. The molecular formula is C24H39Cl2N8O6+. The maximum atomic E-state index is 13.0. The van der Waals surface area contributed by atoms with Gasteiger partial charge >= 0.3 is 11.0 Å². The Hall–Kier alpha value is -3.36. The van der Waals surface area contributed by atoms with Crippen LogP contribution in [0.4, 0.5) is 5.69 Å². The Morgan fingerprint density at radius 1 is 1.10 bits per heavy atom. The Morgan fingerprint density at radius 3 is 2.33 bits per heavy atom. The third-order valence-corrected chi connectivity index (χ3v) is 6.08. The third kappa shape index (κ3) is 13.1. The Balaban J connectivity index is 2.96. The molecule has 0 heterocycles. The standard InChI is InChI=1S/C24H38Cl2N8O6/c1-2-5-20(23(37)38)31-22(36)19(8-4-11-29-24(28)32-34(39)40)30-21(35)18(27)15-16-6-3-7-17(14-16)33(12-9-25)13-10-26/h3,6-7,14,18-20H,2,4-5,8-13,15,27H2,1H3,(H6-,28,29,30,31,32,35,36,37,38,39,40)/p+1/t18?,19-,20+/m0/s1. The summed E-state index contributed by atoms with van der Waals surface area (Å²) in [6.07, 6.45) is 1.21. The second-order valence-electron chi connectivity index (χ2n) is 8.89. The van der Waals surface area contributed by atoms with Gasteiger partial charge in [0.25, 0.3) is 5.96 Å². The Kier molecular flexibility index (Phi) is 16.3. The van der Waals surface area contributed by atoms with Gasteiger partial charge in [-0.15, -0.1) is 23.2 Å². The SMILES string of the molecule is CCC[C@@H](NC(=O)[C@H](CCCN=C(N)N[N+](=O)O)NC(=O)C(N)Cc1cccc(N(CCCl)CCCl)c1)C(=O)O. The van der Waals surface area contributed by atoms with Gasteiger partial charge < -0.3 is 32.1 Å². The summed E-state index contributed by atoms with van der Waals surface area (Å²) in [7, 11) is 0. The number of nitrogens with one attached hydrogen (secondary N) is 3. The number of guanidine groups is 1. The van der Waals surface area contributed by atoms with Gasteiger partial charge in [0.1, 0.15) is 17.0 Å². The largest absolute Gasteiger partial charge is 0.480 e. The average molecular weight is 607 g/mol. The highest BCUT2D eigenvalue weighted by molar-refractivity contribution is 6.18. The summed E-state index contributed by atoms with van der Waals surface area (Å²) in [6, 6.07) is 4.23. The lowest BCUT2D eigenvalue weighted by Gasteiger charge is -2.24. The molecule has 3 atom stereocenters. The van der Waals surface area contributed by atoms with E-state index in [0.29, 0.717) is 31.3 Å². The Bertz CT molecular complexity index is 1010. The number of alkyl halides is 2. The molecule has 40 heavy (non-hydrogen) atoms. The third-order valence-electron chi connectivity index (χ3n) is 5.75. The fourth-order valence-electron chi connectivity index (χ4n) is 3.80. The van der Waals surface area contributed by atoms with Gasteiger partial charge in [-0.3, -0.25) is 9.59 Å². The van der Waals surface area contributed by atoms with Crippen LogP contribution in [0.2, 0.25) is 0 Å². The lowest BCUT2D eigenvalue weighted by molar-refractivity contribution is -0.822. The summed E-state index contributed by atoms with van der Waals surface area (Å²) >= 11 is 11.8. The molecular weight excluding hydrogens is 567 g/mol. The van der Waals surface area contributed by atoms with Crippen LogP contribution in [0.5, 0.6) is 0 Å². The number of carboxylic acids is 1. The highest BCUT2D eigenvalue weighted by Gasteiger charge is 2.27. The van der Waals surface area contributed by atoms with E-state index in [-0.39, 0.29) is 38.2 Å². The Labute approximate surface area is 242 Å². The van der Waals surface area contributed by atoms with E-state index in [2.05, 4.69) is 15.6 Å². The number of anilines is 1. The number of aliphatic carboxylic acids is 1. The van der Waals surface area contributed by atoms with Crippen molar-refractivity contribution in [2.24, 2.45) is 16.5 Å². The van der Waals surface area contributed by atoms with E-state index in [1.807, 2.05) is 34.6 Å². The zero-order valence-electron chi connectivity index (χ0n) is 22.4. The molecule has 1 aromatic carbocycles. The fourth-order valence-corrected chi connectivity index (χ4v) is 4.20. The van der Waals surface area contributed by atoms with Gasteiger partial charge in [-0.1, -0.05) is 25.5 Å². The lowest BCUT2D eigenvalue weighted by atomic mass is 10.0. The first kappa shape index (κ1) is 34.7. The number of halogens is 2. The van der Waals surface area contributed by atoms with Gasteiger partial charge in [0, 0.05) is 37.1 Å². The molecule has 0 saturated heterocycles. The van der Waals surface area contributed by atoms with Crippen molar-refractivity contribution in [3.63, 3.8) is 0 Å². The van der Waals surface area contributed by atoms with Crippen molar-refractivity contribution in [1.29, 1.82) is 0 Å². The first-order chi connectivity index (χ1) is 19.0. The average Bonchev–Trinajstić information content (AvgIpc) is 2.89. The lowest BCUT2D eigenvalue weighted by Crippen LogP contribution is -2.54. The molecule has 1 aromatic rings. The van der Waals surface area contributed by atoms with Crippen molar-refractivity contribution in [1.82, 2.24) is 16.1 Å². The van der Waals surface area contributed by atoms with Gasteiger partial charge in [0.15, 0.2) is 0 Å². The smallest absolute Gasteiger partial charge is 0.362 e. The van der Waals surface area contributed by atoms with Crippen molar-refractivity contribution >= 4 is 52.6 Å². The zero-order chi connectivity index (χ0) is 30.1. The summed E-state index contributed by atoms with van der Waals surface area (Å²) in [5.74, 6) is -1.99. The van der Waals surface area contributed by atoms with E-state index in [9.17, 15) is 24.4 Å². The topological polar surface area (TPSA) is 215 Å². The van der Waals surface area contributed by atoms with Gasteiger partial charge in [-0.25, -0.2) is 15.0 Å². The van der Waals surface area contributed by atoms with Crippen LogP contribution in [-0.4, -0.2) is 88.6 Å². The van der Waals surface area contributed by atoms with Crippen LogP contribution in [-0.2, 0) is 20.8 Å². The number of carbonyl (C=O) groups excluding carboxylic acids is 2. The molecule has 0 aliphatic rings. The number of nitrogens with two attached hydrogens (primary N) is 2. The maximum absolute atomic E-state index is 13.0. The predicted molar refractivity (Wildman–Crippen MR) is 152 cm³/mol. The van der Waals surface area contributed by atoms with E-state index in [1.54, 1.807) is 6.92 Å². The second-order valence-corrected chi connectivity index (χ2v) is 9.64. The minimum absolute atomic E-state index is 0.0452. The molecule has 9 N–H and O–H groups in total. The number of hydrogen-bond acceptors (Lipinski definition) is 7. The number of aliphatic imine (C=N–C) groups is 1. The van der Waals surface area contributed by atoms with Crippen LogP contribution in [0.25, 0.3) is 0 Å². The molecule has 1 rings (SSSR count). The molecule has 0 aliphatic heterocycles. The van der Waals surface area contributed by atoms with Crippen molar-refractivity contribution in [2.45, 2.75) is 57.2 Å². The molecule has 0 aliphatic carbocycles. The molecule has 0 aromatic heterocycles. The molecule has 0 fully saturated rings. The van der Waals surface area contributed by atoms with Crippen LogP contribution in [0.15, 0.2) is 29.3 Å². The van der Waals surface area contributed by atoms with Gasteiger partial charge in [-0.05, 0) is 48.8 Å². The predicted octanol–water partition coefficient (Wildman–Crippen LogP) is 0.462. The Morgan fingerprint density at radius 2 is 1.75 bits per heavy atom. The summed E-state index contributed by atoms with van der Waals surface area (Å²) in [5, 5.41) is 22.5. The molecule has 0 bridgehead atoms.